The van der Waals surface area contributed by atoms with Crippen molar-refractivity contribution in [3.05, 3.63) is 94.7 Å². The highest BCUT2D eigenvalue weighted by Gasteiger charge is 2.32. The molecule has 12 heteroatoms. The first-order valence-electron chi connectivity index (χ1n) is 13.5. The third kappa shape index (κ3) is 7.41. The van der Waals surface area contributed by atoms with E-state index in [9.17, 15) is 9.59 Å². The van der Waals surface area contributed by atoms with Crippen LogP contribution in [0.4, 0.5) is 0 Å². The highest BCUT2D eigenvalue weighted by atomic mass is 32.1. The fourth-order valence-electron chi connectivity index (χ4n) is 4.46. The number of ether oxygens (including phenoxy) is 5. The van der Waals surface area contributed by atoms with Crippen molar-refractivity contribution in [1.82, 2.24) is 16.1 Å². The molecule has 0 fully saturated rings. The summed E-state index contributed by atoms with van der Waals surface area (Å²) < 4.78 is 27.7. The zero-order chi connectivity index (χ0) is 30.2. The molecule has 2 aliphatic heterocycles. The van der Waals surface area contributed by atoms with Crippen LogP contribution < -0.4 is 35.0 Å². The molecule has 3 N–H and O–H groups in total. The number of hydrazone groups is 1. The van der Waals surface area contributed by atoms with Crippen molar-refractivity contribution in [1.29, 1.82) is 0 Å². The van der Waals surface area contributed by atoms with Crippen LogP contribution in [0.25, 0.3) is 0 Å². The van der Waals surface area contributed by atoms with Gasteiger partial charge >= 0.3 is 5.97 Å². The standard InChI is InChI=1S/C31H30N4O7S/c1-3-38-30(37)28-19(2)33-31(43)34-29(28)23-6-4-5-7-24(23)40-17-27(36)35-32-15-20-8-11-22(12-9-20)39-16-21-10-13-25-26(14-21)42-18-41-25/h4-15,29H,3,16-18H2,1-2H3,(H,35,36)(H2,33,34,43)/t29-/m1/s1. The van der Waals surface area contributed by atoms with Gasteiger partial charge in [-0.2, -0.15) is 5.10 Å². The van der Waals surface area contributed by atoms with Crippen LogP contribution in [0.3, 0.4) is 0 Å². The van der Waals surface area contributed by atoms with Gasteiger partial charge in [0, 0.05) is 11.3 Å². The molecule has 0 radical (unpaired) electrons. The van der Waals surface area contributed by atoms with Gasteiger partial charge in [-0.05, 0) is 79.7 Å². The molecule has 5 rings (SSSR count). The van der Waals surface area contributed by atoms with Crippen molar-refractivity contribution in [2.45, 2.75) is 26.5 Å². The maximum atomic E-state index is 12.7. The number of fused-ring (bicyclic) bond motifs is 1. The molecule has 1 atom stereocenters. The molecule has 1 amide bonds. The van der Waals surface area contributed by atoms with Crippen LogP contribution in [-0.4, -0.2) is 43.2 Å². The third-order valence-electron chi connectivity index (χ3n) is 6.48. The van der Waals surface area contributed by atoms with Crippen LogP contribution in [0.1, 0.15) is 36.6 Å². The van der Waals surface area contributed by atoms with E-state index in [1.165, 1.54) is 6.21 Å². The largest absolute Gasteiger partial charge is 0.489 e. The van der Waals surface area contributed by atoms with Crippen molar-refractivity contribution in [3.63, 3.8) is 0 Å². The lowest BCUT2D eigenvalue weighted by Gasteiger charge is -2.30. The number of thiocarbonyl (C=S) groups is 1. The van der Waals surface area contributed by atoms with Crippen LogP contribution in [0.5, 0.6) is 23.0 Å². The second-order valence-corrected chi connectivity index (χ2v) is 9.86. The molecule has 3 aromatic carbocycles. The Morgan fingerprint density at radius 2 is 1.86 bits per heavy atom. The minimum absolute atomic E-state index is 0.228. The van der Waals surface area contributed by atoms with Crippen LogP contribution in [0.2, 0.25) is 0 Å². The minimum Gasteiger partial charge on any atom is -0.489 e. The molecular weight excluding hydrogens is 572 g/mol. The Labute approximate surface area is 253 Å². The number of carbonyl (C=O) groups is 2. The van der Waals surface area contributed by atoms with Gasteiger partial charge in [0.2, 0.25) is 6.79 Å². The van der Waals surface area contributed by atoms with E-state index in [2.05, 4.69) is 21.2 Å². The number of esters is 1. The fraction of sp³-hybridized carbons (Fsp3) is 0.226. The summed E-state index contributed by atoms with van der Waals surface area (Å²) in [4.78, 5) is 25.2. The summed E-state index contributed by atoms with van der Waals surface area (Å²) in [5.74, 6) is 1.61. The maximum absolute atomic E-state index is 12.7. The van der Waals surface area contributed by atoms with Gasteiger partial charge in [-0.1, -0.05) is 24.3 Å². The monoisotopic (exact) mass is 602 g/mol. The van der Waals surface area contributed by atoms with Gasteiger partial charge in [-0.15, -0.1) is 0 Å². The number of nitrogens with one attached hydrogen (secondary N) is 3. The van der Waals surface area contributed by atoms with Gasteiger partial charge in [-0.3, -0.25) is 4.79 Å². The quantitative estimate of drug-likeness (QED) is 0.129. The van der Waals surface area contributed by atoms with E-state index in [1.807, 2.05) is 48.5 Å². The summed E-state index contributed by atoms with van der Waals surface area (Å²) in [7, 11) is 0. The van der Waals surface area contributed by atoms with E-state index in [1.54, 1.807) is 32.0 Å². The lowest BCUT2D eigenvalue weighted by Crippen LogP contribution is -2.45. The summed E-state index contributed by atoms with van der Waals surface area (Å²) >= 11 is 5.31. The molecule has 0 bridgehead atoms. The van der Waals surface area contributed by atoms with Crippen LogP contribution in [0, 0.1) is 0 Å². The van der Waals surface area contributed by atoms with E-state index in [-0.39, 0.29) is 20.0 Å². The number of para-hydroxylation sites is 1. The van der Waals surface area contributed by atoms with E-state index in [0.717, 1.165) is 16.9 Å². The van der Waals surface area contributed by atoms with Gasteiger partial charge in [0.05, 0.1) is 24.4 Å². The Kier molecular flexibility index (Phi) is 9.37. The van der Waals surface area contributed by atoms with E-state index in [4.69, 9.17) is 35.9 Å². The second-order valence-electron chi connectivity index (χ2n) is 9.46. The molecule has 3 aromatic rings. The van der Waals surface area contributed by atoms with Crippen molar-refractivity contribution in [3.8, 4) is 23.0 Å². The Hall–Kier alpha value is -5.10. The van der Waals surface area contributed by atoms with Crippen LogP contribution >= 0.6 is 12.2 Å². The topological polar surface area (TPSA) is 129 Å². The Bertz CT molecular complexity index is 1570. The smallest absolute Gasteiger partial charge is 0.338 e. The van der Waals surface area contributed by atoms with Crippen LogP contribution in [-0.2, 0) is 20.9 Å². The van der Waals surface area contributed by atoms with Crippen LogP contribution in [0.15, 0.2) is 83.1 Å². The Morgan fingerprint density at radius 3 is 2.67 bits per heavy atom. The predicted octanol–water partition coefficient (Wildman–Crippen LogP) is 3.88. The molecule has 43 heavy (non-hydrogen) atoms. The number of hydrogen-bond acceptors (Lipinski definition) is 9. The average Bonchev–Trinajstić information content (AvgIpc) is 3.47. The molecule has 0 spiro atoms. The number of hydrogen-bond donors (Lipinski definition) is 3. The van der Waals surface area contributed by atoms with Gasteiger partial charge in [0.15, 0.2) is 23.2 Å². The lowest BCUT2D eigenvalue weighted by molar-refractivity contribution is -0.139. The normalized spacial score (nSPS) is 15.5. The molecule has 222 valence electrons. The number of allylic oxidation sites excluding steroid dienone is 1. The molecule has 0 unspecified atom stereocenters. The number of amides is 1. The number of nitrogens with zero attached hydrogens (tertiary/aromatic N) is 1. The zero-order valence-corrected chi connectivity index (χ0v) is 24.4. The molecule has 2 aliphatic rings. The van der Waals surface area contributed by atoms with E-state index in [0.29, 0.717) is 45.8 Å². The van der Waals surface area contributed by atoms with Gasteiger partial charge < -0.3 is 34.3 Å². The van der Waals surface area contributed by atoms with Gasteiger partial charge in [0.25, 0.3) is 5.91 Å². The SMILES string of the molecule is CCOC(=O)C1=C(C)NC(=S)N[C@@H]1c1ccccc1OCC(=O)NN=Cc1ccc(OCc2ccc3c(c2)OCO3)cc1. The van der Waals surface area contributed by atoms with E-state index < -0.39 is 17.9 Å². The van der Waals surface area contributed by atoms with Gasteiger partial charge in [-0.25, -0.2) is 10.2 Å². The Balaban J connectivity index is 1.14. The molecule has 0 saturated carbocycles. The lowest BCUT2D eigenvalue weighted by atomic mass is 9.95. The first-order valence-corrected chi connectivity index (χ1v) is 13.9. The first kappa shape index (κ1) is 29.4. The maximum Gasteiger partial charge on any atom is 0.338 e. The van der Waals surface area contributed by atoms with Crippen molar-refractivity contribution in [2.24, 2.45) is 5.10 Å². The number of carbonyl (C=O) groups excluding carboxylic acids is 2. The second kappa shape index (κ2) is 13.7. The Morgan fingerprint density at radius 1 is 1.07 bits per heavy atom. The molecule has 0 saturated heterocycles. The first-order chi connectivity index (χ1) is 20.9. The summed E-state index contributed by atoms with van der Waals surface area (Å²) in [6.45, 7) is 4.03. The summed E-state index contributed by atoms with van der Waals surface area (Å²) in [5.41, 5.74) is 5.78. The summed E-state index contributed by atoms with van der Waals surface area (Å²) in [6, 6.07) is 19.4. The van der Waals surface area contributed by atoms with Crippen molar-refractivity contribution < 1.29 is 33.3 Å². The number of benzene rings is 3. The average molecular weight is 603 g/mol. The molecule has 0 aliphatic carbocycles. The summed E-state index contributed by atoms with van der Waals surface area (Å²) in [5, 5.41) is 10.4. The molecule has 11 nitrogen and oxygen atoms in total. The van der Waals surface area contributed by atoms with Crippen molar-refractivity contribution >= 4 is 35.4 Å². The molecular formula is C31H30N4O7S. The van der Waals surface area contributed by atoms with Gasteiger partial charge in [0.1, 0.15) is 18.1 Å². The third-order valence-corrected chi connectivity index (χ3v) is 6.70. The fourth-order valence-corrected chi connectivity index (χ4v) is 4.73. The highest BCUT2D eigenvalue weighted by Crippen LogP contribution is 2.34. The molecule has 0 aromatic heterocycles. The summed E-state index contributed by atoms with van der Waals surface area (Å²) in [6.07, 6.45) is 1.52. The van der Waals surface area contributed by atoms with Crippen molar-refractivity contribution in [2.75, 3.05) is 20.0 Å². The minimum atomic E-state index is -0.617. The predicted molar refractivity (Wildman–Crippen MR) is 162 cm³/mol. The number of rotatable bonds is 11. The zero-order valence-electron chi connectivity index (χ0n) is 23.5. The molecule has 2 heterocycles. The highest BCUT2D eigenvalue weighted by molar-refractivity contribution is 7.80. The van der Waals surface area contributed by atoms with E-state index >= 15 is 0 Å².